The Morgan fingerprint density at radius 2 is 2.26 bits per heavy atom. The topological polar surface area (TPSA) is 45.5 Å². The van der Waals surface area contributed by atoms with E-state index in [1.54, 1.807) is 0 Å². The molecule has 0 aliphatic carbocycles. The van der Waals surface area contributed by atoms with Gasteiger partial charge in [-0.1, -0.05) is 6.92 Å². The zero-order valence-electron chi connectivity index (χ0n) is 15.1. The summed E-state index contributed by atoms with van der Waals surface area (Å²) >= 11 is 1.87. The molecule has 0 radical (unpaired) electrons. The van der Waals surface area contributed by atoms with Crippen LogP contribution in [0.4, 0.5) is 0 Å². The van der Waals surface area contributed by atoms with Crippen LogP contribution in [0.15, 0.2) is 23.7 Å². The fraction of sp³-hybridized carbons (Fsp3) is 0.765. The van der Waals surface area contributed by atoms with Gasteiger partial charge in [0.15, 0.2) is 5.96 Å². The van der Waals surface area contributed by atoms with Gasteiger partial charge in [-0.3, -0.25) is 4.99 Å². The molecule has 1 aliphatic heterocycles. The molecule has 0 bridgehead atoms. The van der Waals surface area contributed by atoms with E-state index < -0.39 is 0 Å². The zero-order valence-corrected chi connectivity index (χ0v) is 15.9. The van der Waals surface area contributed by atoms with Crippen molar-refractivity contribution in [2.45, 2.75) is 44.9 Å². The van der Waals surface area contributed by atoms with Crippen LogP contribution >= 0.6 is 11.8 Å². The fourth-order valence-corrected chi connectivity index (χ4v) is 3.04. The Labute approximate surface area is 145 Å². The molecule has 5 nitrogen and oxygen atoms in total. The Morgan fingerprint density at radius 1 is 1.48 bits per heavy atom. The molecular weight excluding hydrogens is 306 g/mol. The number of likely N-dealkylation sites (tertiary alicyclic amines) is 1. The third kappa shape index (κ3) is 4.90. The summed E-state index contributed by atoms with van der Waals surface area (Å²) in [5.74, 6) is 1.71. The van der Waals surface area contributed by atoms with Gasteiger partial charge in [0.25, 0.3) is 0 Å². The van der Waals surface area contributed by atoms with Crippen LogP contribution < -0.4 is 5.32 Å². The molecule has 23 heavy (non-hydrogen) atoms. The summed E-state index contributed by atoms with van der Waals surface area (Å²) in [7, 11) is 0. The van der Waals surface area contributed by atoms with Gasteiger partial charge >= 0.3 is 0 Å². The predicted octanol–water partition coefficient (Wildman–Crippen LogP) is 2.87. The van der Waals surface area contributed by atoms with Gasteiger partial charge < -0.3 is 14.8 Å². The van der Waals surface area contributed by atoms with Crippen LogP contribution in [0.1, 0.15) is 40.2 Å². The van der Waals surface area contributed by atoms with Crippen LogP contribution in [0.2, 0.25) is 0 Å². The third-order valence-corrected chi connectivity index (χ3v) is 5.86. The number of nitrogens with one attached hydrogen (secondary N) is 1. The number of thioether (sulfide) groups is 1. The second kappa shape index (κ2) is 8.08. The average Bonchev–Trinajstić information content (AvgIpc) is 3.06. The summed E-state index contributed by atoms with van der Waals surface area (Å²) in [4.78, 5) is 11.5. The minimum atomic E-state index is 0.174. The summed E-state index contributed by atoms with van der Waals surface area (Å²) in [6.45, 7) is 12.8. The Bertz CT molecular complexity index is 497. The van der Waals surface area contributed by atoms with Gasteiger partial charge in [0, 0.05) is 36.8 Å². The summed E-state index contributed by atoms with van der Waals surface area (Å²) in [6.07, 6.45) is 9.21. The zero-order chi connectivity index (χ0) is 16.9. The molecule has 1 fully saturated rings. The highest BCUT2D eigenvalue weighted by atomic mass is 32.2. The third-order valence-electron chi connectivity index (χ3n) is 4.62. The molecule has 2 atom stereocenters. The van der Waals surface area contributed by atoms with E-state index in [9.17, 15) is 0 Å². The standard InChI is InChI=1S/C17H31N5S/c1-6-19-16(20-12-17(3,4)23-5)21-9-7-14(2)15(11-21)22-10-8-18-13-22/h8,10,13-15H,6-7,9,11-12H2,1-5H3,(H,19,20). The van der Waals surface area contributed by atoms with Crippen molar-refractivity contribution in [3.8, 4) is 0 Å². The van der Waals surface area contributed by atoms with Gasteiger partial charge in [0.05, 0.1) is 18.9 Å². The molecule has 0 aromatic carbocycles. The van der Waals surface area contributed by atoms with Crippen molar-refractivity contribution in [2.75, 3.05) is 32.4 Å². The van der Waals surface area contributed by atoms with Crippen molar-refractivity contribution in [2.24, 2.45) is 10.9 Å². The van der Waals surface area contributed by atoms with Gasteiger partial charge in [0.2, 0.25) is 0 Å². The summed E-state index contributed by atoms with van der Waals surface area (Å²) in [5.41, 5.74) is 0. The van der Waals surface area contributed by atoms with Crippen molar-refractivity contribution in [1.29, 1.82) is 0 Å². The number of piperidine rings is 1. The van der Waals surface area contributed by atoms with Gasteiger partial charge in [-0.2, -0.15) is 11.8 Å². The van der Waals surface area contributed by atoms with E-state index >= 15 is 0 Å². The lowest BCUT2D eigenvalue weighted by Gasteiger charge is -2.39. The van der Waals surface area contributed by atoms with Crippen molar-refractivity contribution < 1.29 is 0 Å². The first-order valence-corrected chi connectivity index (χ1v) is 9.75. The van der Waals surface area contributed by atoms with E-state index in [1.807, 2.05) is 24.3 Å². The number of guanidine groups is 1. The monoisotopic (exact) mass is 337 g/mol. The minimum Gasteiger partial charge on any atom is -0.357 e. The molecule has 1 aromatic rings. The molecule has 0 saturated carbocycles. The molecule has 2 rings (SSSR count). The van der Waals surface area contributed by atoms with Crippen molar-refractivity contribution in [1.82, 2.24) is 19.8 Å². The van der Waals surface area contributed by atoms with Crippen LogP contribution in [-0.4, -0.2) is 57.6 Å². The van der Waals surface area contributed by atoms with E-state index in [1.165, 1.54) is 6.42 Å². The quantitative estimate of drug-likeness (QED) is 0.663. The van der Waals surface area contributed by atoms with Crippen molar-refractivity contribution >= 4 is 17.7 Å². The molecule has 2 heterocycles. The molecule has 1 aromatic heterocycles. The molecule has 1 saturated heterocycles. The van der Waals surface area contributed by atoms with Crippen molar-refractivity contribution in [3.63, 3.8) is 0 Å². The van der Waals surface area contributed by atoms with E-state index in [2.05, 4.69) is 59.9 Å². The number of rotatable bonds is 5. The highest BCUT2D eigenvalue weighted by Gasteiger charge is 2.29. The van der Waals surface area contributed by atoms with E-state index in [-0.39, 0.29) is 4.75 Å². The van der Waals surface area contributed by atoms with E-state index in [4.69, 9.17) is 4.99 Å². The van der Waals surface area contributed by atoms with Gasteiger partial charge in [-0.05, 0) is 39.4 Å². The number of aromatic nitrogens is 2. The van der Waals surface area contributed by atoms with Crippen LogP contribution in [-0.2, 0) is 0 Å². The fourth-order valence-electron chi connectivity index (χ4n) is 2.85. The molecular formula is C17H31N5S. The average molecular weight is 338 g/mol. The minimum absolute atomic E-state index is 0.174. The van der Waals surface area contributed by atoms with Crippen LogP contribution in [0.3, 0.4) is 0 Å². The lowest BCUT2D eigenvalue weighted by Crippen LogP contribution is -2.49. The molecule has 0 spiro atoms. The second-order valence-electron chi connectivity index (χ2n) is 6.92. The lowest BCUT2D eigenvalue weighted by molar-refractivity contribution is 0.189. The Kier molecular flexibility index (Phi) is 6.39. The number of aliphatic imine (C=N–C) groups is 1. The van der Waals surface area contributed by atoms with Crippen LogP contribution in [0.5, 0.6) is 0 Å². The molecule has 6 heteroatoms. The Morgan fingerprint density at radius 3 is 2.87 bits per heavy atom. The highest BCUT2D eigenvalue weighted by Crippen LogP contribution is 2.27. The lowest BCUT2D eigenvalue weighted by atomic mass is 9.93. The maximum Gasteiger partial charge on any atom is 0.194 e. The summed E-state index contributed by atoms with van der Waals surface area (Å²) in [6, 6.07) is 0.462. The SMILES string of the molecule is CCNC(=NCC(C)(C)SC)N1CCC(C)C(n2ccnc2)C1. The smallest absolute Gasteiger partial charge is 0.194 e. The number of nitrogens with zero attached hydrogens (tertiary/aromatic N) is 4. The molecule has 2 unspecified atom stereocenters. The predicted molar refractivity (Wildman–Crippen MR) is 100 cm³/mol. The number of hydrogen-bond acceptors (Lipinski definition) is 3. The first kappa shape index (κ1) is 18.2. The van der Waals surface area contributed by atoms with Crippen molar-refractivity contribution in [3.05, 3.63) is 18.7 Å². The van der Waals surface area contributed by atoms with Crippen LogP contribution in [0.25, 0.3) is 0 Å². The van der Waals surface area contributed by atoms with E-state index in [0.717, 1.165) is 32.1 Å². The normalized spacial score (nSPS) is 23.2. The largest absolute Gasteiger partial charge is 0.357 e. The highest BCUT2D eigenvalue weighted by molar-refractivity contribution is 7.99. The maximum atomic E-state index is 4.91. The van der Waals surface area contributed by atoms with Gasteiger partial charge in [-0.15, -0.1) is 0 Å². The summed E-state index contributed by atoms with van der Waals surface area (Å²) in [5, 5.41) is 3.47. The van der Waals surface area contributed by atoms with E-state index in [0.29, 0.717) is 12.0 Å². The van der Waals surface area contributed by atoms with Crippen LogP contribution in [0, 0.1) is 5.92 Å². The molecule has 1 N–H and O–H groups in total. The van der Waals surface area contributed by atoms with Gasteiger partial charge in [0.1, 0.15) is 0 Å². The molecule has 130 valence electrons. The van der Waals surface area contributed by atoms with Gasteiger partial charge in [-0.25, -0.2) is 4.98 Å². The Hall–Kier alpha value is -1.17. The molecule has 0 amide bonds. The first-order valence-electron chi connectivity index (χ1n) is 8.52. The maximum absolute atomic E-state index is 4.91. The first-order chi connectivity index (χ1) is 11.0. The number of imidazole rings is 1. The second-order valence-corrected chi connectivity index (χ2v) is 8.44. The summed E-state index contributed by atoms with van der Waals surface area (Å²) < 4.78 is 2.42. The molecule has 1 aliphatic rings. The Balaban J connectivity index is 2.11. The number of hydrogen-bond donors (Lipinski definition) is 1.